The molecule has 0 aliphatic carbocycles. The quantitative estimate of drug-likeness (QED) is 0.489. The van der Waals surface area contributed by atoms with Crippen molar-refractivity contribution in [1.82, 2.24) is 34.3 Å². The second kappa shape index (κ2) is 7.40. The summed E-state index contributed by atoms with van der Waals surface area (Å²) in [6.07, 6.45) is 8.04. The summed E-state index contributed by atoms with van der Waals surface area (Å²) < 4.78 is 3.79. The highest BCUT2D eigenvalue weighted by atomic mass is 15.3. The van der Waals surface area contributed by atoms with E-state index in [1.165, 1.54) is 0 Å². The summed E-state index contributed by atoms with van der Waals surface area (Å²) in [5, 5.41) is 16.2. The van der Waals surface area contributed by atoms with Gasteiger partial charge in [-0.2, -0.15) is 5.10 Å². The average molecular weight is 396 g/mol. The van der Waals surface area contributed by atoms with Crippen molar-refractivity contribution in [2.45, 2.75) is 13.3 Å². The van der Waals surface area contributed by atoms with Crippen LogP contribution in [0.1, 0.15) is 17.1 Å². The Balaban J connectivity index is 1.44. The third-order valence-corrected chi connectivity index (χ3v) is 5.12. The number of hydrogen-bond donors (Lipinski definition) is 1. The summed E-state index contributed by atoms with van der Waals surface area (Å²) in [5.41, 5.74) is 5.06. The van der Waals surface area contributed by atoms with Crippen LogP contribution in [-0.2, 0) is 13.5 Å². The van der Waals surface area contributed by atoms with Gasteiger partial charge in [0.1, 0.15) is 17.5 Å². The average Bonchev–Trinajstić information content (AvgIpc) is 3.35. The summed E-state index contributed by atoms with van der Waals surface area (Å²) in [5.74, 6) is 2.52. The van der Waals surface area contributed by atoms with Crippen LogP contribution in [0, 0.1) is 6.92 Å². The van der Waals surface area contributed by atoms with E-state index in [4.69, 9.17) is 0 Å². The van der Waals surface area contributed by atoms with Crippen molar-refractivity contribution < 1.29 is 0 Å². The molecule has 8 nitrogen and oxygen atoms in total. The first-order valence-electron chi connectivity index (χ1n) is 9.63. The first-order chi connectivity index (χ1) is 14.7. The lowest BCUT2D eigenvalue weighted by Crippen LogP contribution is -2.00. The zero-order valence-electron chi connectivity index (χ0n) is 16.7. The summed E-state index contributed by atoms with van der Waals surface area (Å²) in [7, 11) is 1.88. The molecule has 5 rings (SSSR count). The van der Waals surface area contributed by atoms with Crippen molar-refractivity contribution in [3.63, 3.8) is 0 Å². The topological polar surface area (TPSA) is 85.8 Å². The van der Waals surface area contributed by atoms with Crippen LogP contribution in [0.4, 0.5) is 11.6 Å². The molecule has 0 aromatic carbocycles. The van der Waals surface area contributed by atoms with Crippen LogP contribution >= 0.6 is 0 Å². The zero-order chi connectivity index (χ0) is 20.5. The number of rotatable bonds is 5. The molecule has 0 spiro atoms. The SMILES string of the molecule is Cc1ncccc1Cc1nnc2cc(-c3ccnc(Nc4ccnn4C)c3)ccn12. The standard InChI is InChI=1S/C22H20N8/c1-15-16(4-3-8-23-15)13-21-27-28-22-14-18(7-11-30(21)22)17-5-9-24-19(12-17)26-20-6-10-25-29(20)2/h3-12,14H,13H2,1-2H3,(H,24,26). The van der Waals surface area contributed by atoms with Crippen LogP contribution in [0.25, 0.3) is 16.8 Å². The second-order valence-electron chi connectivity index (χ2n) is 7.08. The van der Waals surface area contributed by atoms with Crippen LogP contribution in [0.5, 0.6) is 0 Å². The Kier molecular flexibility index (Phi) is 4.44. The molecule has 0 amide bonds. The first kappa shape index (κ1) is 18.0. The Morgan fingerprint density at radius 1 is 0.933 bits per heavy atom. The number of hydrogen-bond acceptors (Lipinski definition) is 6. The maximum absolute atomic E-state index is 4.41. The van der Waals surface area contributed by atoms with E-state index in [0.29, 0.717) is 6.42 Å². The lowest BCUT2D eigenvalue weighted by atomic mass is 10.1. The van der Waals surface area contributed by atoms with Crippen molar-refractivity contribution >= 4 is 17.3 Å². The van der Waals surface area contributed by atoms with E-state index >= 15 is 0 Å². The van der Waals surface area contributed by atoms with E-state index in [1.54, 1.807) is 23.3 Å². The minimum absolute atomic E-state index is 0.689. The van der Waals surface area contributed by atoms with Crippen LogP contribution in [0.3, 0.4) is 0 Å². The molecular formula is C22H20N8. The maximum Gasteiger partial charge on any atom is 0.161 e. The van der Waals surface area contributed by atoms with Crippen LogP contribution in [-0.4, -0.2) is 34.3 Å². The van der Waals surface area contributed by atoms with Crippen molar-refractivity contribution in [3.05, 3.63) is 84.3 Å². The van der Waals surface area contributed by atoms with Crippen LogP contribution in [0.15, 0.2) is 67.3 Å². The summed E-state index contributed by atoms with van der Waals surface area (Å²) >= 11 is 0. The number of fused-ring (bicyclic) bond motifs is 1. The Bertz CT molecular complexity index is 1330. The molecule has 0 aliphatic heterocycles. The fourth-order valence-electron chi connectivity index (χ4n) is 3.42. The van der Waals surface area contributed by atoms with Gasteiger partial charge in [-0.05, 0) is 53.9 Å². The van der Waals surface area contributed by atoms with E-state index < -0.39 is 0 Å². The lowest BCUT2D eigenvalue weighted by Gasteiger charge is -2.08. The van der Waals surface area contributed by atoms with E-state index in [9.17, 15) is 0 Å². The van der Waals surface area contributed by atoms with E-state index in [2.05, 4.69) is 42.7 Å². The molecule has 0 saturated heterocycles. The number of nitrogens with one attached hydrogen (secondary N) is 1. The van der Waals surface area contributed by atoms with Crippen molar-refractivity contribution in [3.8, 4) is 11.1 Å². The smallest absolute Gasteiger partial charge is 0.161 e. The molecule has 8 heteroatoms. The molecule has 5 heterocycles. The van der Waals surface area contributed by atoms with Gasteiger partial charge in [0.25, 0.3) is 0 Å². The van der Waals surface area contributed by atoms with Gasteiger partial charge in [0, 0.05) is 43.8 Å². The minimum atomic E-state index is 0.689. The largest absolute Gasteiger partial charge is 0.325 e. The molecule has 0 fully saturated rings. The van der Waals surface area contributed by atoms with Crippen molar-refractivity contribution in [1.29, 1.82) is 0 Å². The molecule has 0 radical (unpaired) electrons. The van der Waals surface area contributed by atoms with Gasteiger partial charge in [-0.25, -0.2) is 4.98 Å². The minimum Gasteiger partial charge on any atom is -0.325 e. The molecule has 0 aliphatic rings. The highest BCUT2D eigenvalue weighted by molar-refractivity contribution is 5.70. The first-order valence-corrected chi connectivity index (χ1v) is 9.63. The molecule has 0 saturated carbocycles. The fraction of sp³-hybridized carbons (Fsp3) is 0.136. The molecule has 0 unspecified atom stereocenters. The van der Waals surface area contributed by atoms with Gasteiger partial charge in [0.2, 0.25) is 0 Å². The van der Waals surface area contributed by atoms with Gasteiger partial charge >= 0.3 is 0 Å². The Morgan fingerprint density at radius 2 is 1.83 bits per heavy atom. The van der Waals surface area contributed by atoms with Crippen LogP contribution in [0.2, 0.25) is 0 Å². The third kappa shape index (κ3) is 3.39. The number of pyridine rings is 3. The van der Waals surface area contributed by atoms with Crippen molar-refractivity contribution in [2.24, 2.45) is 7.05 Å². The number of aryl methyl sites for hydroxylation is 2. The lowest BCUT2D eigenvalue weighted by molar-refractivity contribution is 0.776. The summed E-state index contributed by atoms with van der Waals surface area (Å²) in [4.78, 5) is 8.77. The number of nitrogens with zero attached hydrogens (tertiary/aromatic N) is 7. The predicted molar refractivity (Wildman–Crippen MR) is 114 cm³/mol. The highest BCUT2D eigenvalue weighted by Gasteiger charge is 2.10. The number of aromatic nitrogens is 7. The molecule has 5 aromatic heterocycles. The molecule has 0 bridgehead atoms. The van der Waals surface area contributed by atoms with E-state index in [1.807, 2.05) is 54.9 Å². The van der Waals surface area contributed by atoms with E-state index in [0.717, 1.165) is 45.5 Å². The Hall–Kier alpha value is -4.07. The molecule has 1 N–H and O–H groups in total. The van der Waals surface area contributed by atoms with Gasteiger partial charge in [0.15, 0.2) is 5.65 Å². The Morgan fingerprint density at radius 3 is 2.67 bits per heavy atom. The molecule has 5 aromatic rings. The Labute approximate surface area is 173 Å². The van der Waals surface area contributed by atoms with Gasteiger partial charge in [0.05, 0.1) is 6.20 Å². The summed E-state index contributed by atoms with van der Waals surface area (Å²) in [6.45, 7) is 2.01. The number of anilines is 2. The van der Waals surface area contributed by atoms with Gasteiger partial charge in [-0.15, -0.1) is 10.2 Å². The van der Waals surface area contributed by atoms with Gasteiger partial charge < -0.3 is 5.32 Å². The molecule has 148 valence electrons. The highest BCUT2D eigenvalue weighted by Crippen LogP contribution is 2.24. The monoisotopic (exact) mass is 396 g/mol. The molecule has 30 heavy (non-hydrogen) atoms. The third-order valence-electron chi connectivity index (χ3n) is 5.12. The second-order valence-corrected chi connectivity index (χ2v) is 7.08. The molecular weight excluding hydrogens is 376 g/mol. The van der Waals surface area contributed by atoms with E-state index in [-0.39, 0.29) is 0 Å². The van der Waals surface area contributed by atoms with Crippen LogP contribution < -0.4 is 5.32 Å². The normalized spacial score (nSPS) is 11.1. The van der Waals surface area contributed by atoms with Gasteiger partial charge in [-0.1, -0.05) is 6.07 Å². The maximum atomic E-state index is 4.41. The zero-order valence-corrected chi connectivity index (χ0v) is 16.7. The van der Waals surface area contributed by atoms with Gasteiger partial charge in [-0.3, -0.25) is 14.1 Å². The molecule has 0 atom stereocenters. The van der Waals surface area contributed by atoms with Crippen molar-refractivity contribution in [2.75, 3.05) is 5.32 Å². The predicted octanol–water partition coefficient (Wildman–Crippen LogP) is 3.56. The summed E-state index contributed by atoms with van der Waals surface area (Å²) in [6, 6.07) is 14.0. The fourth-order valence-corrected chi connectivity index (χ4v) is 3.42.